The Morgan fingerprint density at radius 1 is 0.784 bits per heavy atom. The Bertz CT molecular complexity index is 831. The van der Waals surface area contributed by atoms with E-state index in [4.69, 9.17) is 4.74 Å². The highest BCUT2D eigenvalue weighted by Crippen LogP contribution is 2.21. The predicted molar refractivity (Wildman–Crippen MR) is 152 cm³/mol. The third-order valence-electron chi connectivity index (χ3n) is 5.25. The second-order valence-corrected chi connectivity index (χ2v) is 9.41. The summed E-state index contributed by atoms with van der Waals surface area (Å²) < 4.78 is 5.23. The average Bonchev–Trinajstić information content (AvgIpc) is 2.86. The van der Waals surface area contributed by atoms with E-state index in [1.54, 1.807) is 19.9 Å². The van der Waals surface area contributed by atoms with Crippen molar-refractivity contribution in [2.75, 3.05) is 13.2 Å². The summed E-state index contributed by atoms with van der Waals surface area (Å²) in [5.41, 5.74) is -0.950. The van der Waals surface area contributed by atoms with E-state index in [1.165, 1.54) is 6.92 Å². The van der Waals surface area contributed by atoms with Gasteiger partial charge in [0, 0.05) is 18.4 Å². The molecule has 0 saturated carbocycles. The van der Waals surface area contributed by atoms with Crippen molar-refractivity contribution in [3.8, 4) is 0 Å². The fraction of sp³-hybridized carbons (Fsp3) is 0.516. The minimum absolute atomic E-state index is 0.0441. The number of rotatable bonds is 20. The van der Waals surface area contributed by atoms with E-state index in [0.717, 1.165) is 38.5 Å². The lowest BCUT2D eigenvalue weighted by Crippen LogP contribution is -2.46. The number of carbonyl (C=O) groups excluding carboxylic acids is 3. The van der Waals surface area contributed by atoms with Crippen molar-refractivity contribution in [2.24, 2.45) is 5.41 Å². The van der Waals surface area contributed by atoms with E-state index in [9.17, 15) is 19.5 Å². The van der Waals surface area contributed by atoms with Crippen molar-refractivity contribution < 1.29 is 24.2 Å². The molecule has 0 unspecified atom stereocenters. The molecule has 0 aliphatic heterocycles. The summed E-state index contributed by atoms with van der Waals surface area (Å²) in [4.78, 5) is 34.9. The van der Waals surface area contributed by atoms with Gasteiger partial charge >= 0.3 is 5.97 Å². The van der Waals surface area contributed by atoms with Gasteiger partial charge in [-0.2, -0.15) is 0 Å². The molecule has 0 rings (SSSR count). The van der Waals surface area contributed by atoms with Crippen molar-refractivity contribution in [1.29, 1.82) is 0 Å². The van der Waals surface area contributed by atoms with E-state index in [2.05, 4.69) is 66.9 Å². The van der Waals surface area contributed by atoms with E-state index < -0.39 is 23.4 Å². The first-order chi connectivity index (χ1) is 17.7. The third kappa shape index (κ3) is 20.9. The lowest BCUT2D eigenvalue weighted by atomic mass is 9.87. The predicted octanol–water partition coefficient (Wildman–Crippen LogP) is 6.10. The van der Waals surface area contributed by atoms with Gasteiger partial charge in [0.25, 0.3) is 0 Å². The molecule has 0 aromatic rings. The Morgan fingerprint density at radius 3 is 1.65 bits per heavy atom. The largest absolute Gasteiger partial charge is 0.465 e. The molecule has 0 fully saturated rings. The molecule has 1 atom stereocenters. The van der Waals surface area contributed by atoms with Crippen LogP contribution in [0.15, 0.2) is 72.9 Å². The molecule has 0 saturated heterocycles. The topological polar surface area (TPSA) is 92.7 Å². The number of ether oxygens (including phenoxy) is 1. The quantitative estimate of drug-likeness (QED) is 0.152. The second kappa shape index (κ2) is 22.2. The monoisotopic (exact) mass is 513 g/mol. The maximum atomic E-state index is 12.0. The van der Waals surface area contributed by atoms with Gasteiger partial charge in [-0.1, -0.05) is 93.7 Å². The molecule has 206 valence electrons. The molecule has 6 nitrogen and oxygen atoms in total. The molecular weight excluding hydrogens is 466 g/mol. The van der Waals surface area contributed by atoms with Crippen LogP contribution < -0.4 is 5.32 Å². The smallest absolute Gasteiger partial charge is 0.309 e. The Hall–Kier alpha value is -2.99. The number of allylic oxidation sites excluding steroid dienone is 11. The first kappa shape index (κ1) is 34.0. The molecule has 0 radical (unpaired) electrons. The number of aliphatic hydroxyl groups is 1. The first-order valence-electron chi connectivity index (χ1n) is 13.2. The van der Waals surface area contributed by atoms with Crippen LogP contribution in [0, 0.1) is 5.41 Å². The molecule has 0 aliphatic rings. The normalized spacial score (nSPS) is 13.6. The fourth-order valence-corrected chi connectivity index (χ4v) is 2.92. The third-order valence-corrected chi connectivity index (χ3v) is 5.25. The average molecular weight is 514 g/mol. The fourth-order valence-electron chi connectivity index (χ4n) is 2.92. The van der Waals surface area contributed by atoms with Gasteiger partial charge in [0.2, 0.25) is 5.91 Å². The van der Waals surface area contributed by atoms with Crippen LogP contribution in [0.5, 0.6) is 0 Å². The lowest BCUT2D eigenvalue weighted by Gasteiger charge is -2.28. The van der Waals surface area contributed by atoms with Crippen LogP contribution in [-0.4, -0.2) is 42.0 Å². The molecule has 0 aliphatic carbocycles. The zero-order valence-corrected chi connectivity index (χ0v) is 23.2. The van der Waals surface area contributed by atoms with Crippen LogP contribution in [-0.2, 0) is 19.1 Å². The molecule has 1 amide bonds. The Balaban J connectivity index is 3.99. The number of ketones is 1. The van der Waals surface area contributed by atoms with Crippen molar-refractivity contribution >= 4 is 17.7 Å². The van der Waals surface area contributed by atoms with E-state index in [0.29, 0.717) is 0 Å². The highest BCUT2D eigenvalue weighted by atomic mass is 16.5. The SMILES string of the molecule is CC/C=C\C/C=C\C/C=C\C/C=C\C/C=C\C/C=C\CC(=O)OCC(C)(C)[C@@H](O)C(=O)NCCC(C)=O. The van der Waals surface area contributed by atoms with Crippen molar-refractivity contribution in [3.05, 3.63) is 72.9 Å². The number of hydrogen-bond acceptors (Lipinski definition) is 5. The molecule has 37 heavy (non-hydrogen) atoms. The zero-order valence-electron chi connectivity index (χ0n) is 23.2. The van der Waals surface area contributed by atoms with Crippen LogP contribution in [0.1, 0.15) is 79.1 Å². The van der Waals surface area contributed by atoms with Crippen LogP contribution in [0.4, 0.5) is 0 Å². The number of esters is 1. The summed E-state index contributed by atoms with van der Waals surface area (Å²) >= 11 is 0. The van der Waals surface area contributed by atoms with Crippen LogP contribution in [0.3, 0.4) is 0 Å². The van der Waals surface area contributed by atoms with Gasteiger partial charge in [-0.15, -0.1) is 0 Å². The molecule has 0 spiro atoms. The number of hydrogen-bond donors (Lipinski definition) is 2. The number of Topliss-reactive ketones (excluding diaryl/α,β-unsaturated/α-hetero) is 1. The number of carbonyl (C=O) groups is 3. The van der Waals surface area contributed by atoms with Gasteiger partial charge in [-0.25, -0.2) is 0 Å². The van der Waals surface area contributed by atoms with Gasteiger partial charge in [0.15, 0.2) is 0 Å². The van der Waals surface area contributed by atoms with E-state index in [1.807, 2.05) is 12.2 Å². The lowest BCUT2D eigenvalue weighted by molar-refractivity contribution is -0.152. The summed E-state index contributed by atoms with van der Waals surface area (Å²) in [7, 11) is 0. The Labute approximate surface area is 223 Å². The minimum Gasteiger partial charge on any atom is -0.465 e. The van der Waals surface area contributed by atoms with Crippen molar-refractivity contribution in [3.63, 3.8) is 0 Å². The van der Waals surface area contributed by atoms with Gasteiger partial charge in [0.05, 0.1) is 13.0 Å². The highest BCUT2D eigenvalue weighted by molar-refractivity contribution is 5.82. The maximum absolute atomic E-state index is 12.0. The number of aliphatic hydroxyl groups excluding tert-OH is 1. The molecule has 2 N–H and O–H groups in total. The summed E-state index contributed by atoms with van der Waals surface area (Å²) in [6.45, 7) is 6.94. The van der Waals surface area contributed by atoms with Crippen LogP contribution in [0.25, 0.3) is 0 Å². The van der Waals surface area contributed by atoms with Gasteiger partial charge in [-0.05, 0) is 45.4 Å². The first-order valence-corrected chi connectivity index (χ1v) is 13.2. The van der Waals surface area contributed by atoms with E-state index in [-0.39, 0.29) is 31.8 Å². The second-order valence-electron chi connectivity index (χ2n) is 9.41. The van der Waals surface area contributed by atoms with E-state index >= 15 is 0 Å². The summed E-state index contributed by atoms with van der Waals surface area (Å²) in [6, 6.07) is 0. The molecule has 6 heteroatoms. The van der Waals surface area contributed by atoms with Crippen molar-refractivity contribution in [1.82, 2.24) is 5.32 Å². The van der Waals surface area contributed by atoms with Gasteiger partial charge < -0.3 is 15.2 Å². The molecule has 0 aromatic heterocycles. The highest BCUT2D eigenvalue weighted by Gasteiger charge is 2.34. The Kier molecular flexibility index (Phi) is 20.4. The maximum Gasteiger partial charge on any atom is 0.309 e. The minimum atomic E-state index is -1.35. The standard InChI is InChI=1S/C31H47NO5/c1-5-6-7-8-9-10-11-12-13-14-15-16-17-18-19-20-21-22-23-28(34)37-26-31(3,4)29(35)30(36)32-25-24-27(2)33/h6-7,9-10,12-13,15-16,18-19,21-22,29,35H,5,8,11,14,17,20,23-26H2,1-4H3,(H,32,36)/b7-6-,10-9-,13-12-,16-15-,19-18-,22-21-/t29-/m0/s1. The summed E-state index contributed by atoms with van der Waals surface area (Å²) in [5, 5.41) is 12.8. The van der Waals surface area contributed by atoms with Crippen LogP contribution in [0.2, 0.25) is 0 Å². The molecule has 0 heterocycles. The number of nitrogens with one attached hydrogen (secondary N) is 1. The summed E-state index contributed by atoms with van der Waals surface area (Å²) in [5.74, 6) is -1.05. The molecular formula is C31H47NO5. The molecule has 0 aromatic carbocycles. The number of amides is 1. The van der Waals surface area contributed by atoms with Crippen molar-refractivity contribution in [2.45, 2.75) is 85.2 Å². The summed E-state index contributed by atoms with van der Waals surface area (Å²) in [6.07, 6.45) is 29.7. The zero-order chi connectivity index (χ0) is 27.8. The molecule has 0 bridgehead atoms. The van der Waals surface area contributed by atoms with Gasteiger partial charge in [0.1, 0.15) is 11.9 Å². The van der Waals surface area contributed by atoms with Crippen LogP contribution >= 0.6 is 0 Å². The Morgan fingerprint density at radius 2 is 1.22 bits per heavy atom. The van der Waals surface area contributed by atoms with Gasteiger partial charge in [-0.3, -0.25) is 14.4 Å².